The van der Waals surface area contributed by atoms with Crippen LogP contribution in [-0.4, -0.2) is 28.4 Å². The summed E-state index contributed by atoms with van der Waals surface area (Å²) < 4.78 is 0. The molecule has 0 aromatic carbocycles. The zero-order chi connectivity index (χ0) is 13.5. The lowest BCUT2D eigenvalue weighted by Crippen LogP contribution is -2.18. The molecule has 100 valence electrons. The number of nitrogens with zero attached hydrogens (tertiary/aromatic N) is 1. The molecule has 1 atom stereocenters. The van der Waals surface area contributed by atoms with Crippen LogP contribution in [0.25, 0.3) is 0 Å². The van der Waals surface area contributed by atoms with Crippen molar-refractivity contribution < 1.29 is 4.79 Å². The number of aromatic nitrogens is 1. The van der Waals surface area contributed by atoms with Gasteiger partial charge in [-0.15, -0.1) is 0 Å². The fourth-order valence-corrected chi connectivity index (χ4v) is 2.48. The fourth-order valence-electron chi connectivity index (χ4n) is 1.11. The minimum absolute atomic E-state index is 0.138. The zero-order valence-corrected chi connectivity index (χ0v) is 12.3. The topological polar surface area (TPSA) is 68.0 Å². The van der Waals surface area contributed by atoms with Crippen LogP contribution in [0.5, 0.6) is 0 Å². The Labute approximate surface area is 121 Å². The van der Waals surface area contributed by atoms with Crippen LogP contribution in [0.3, 0.4) is 0 Å². The Morgan fingerprint density at radius 3 is 2.94 bits per heavy atom. The average Bonchev–Trinajstić information content (AvgIpc) is 2.28. The molecule has 0 fully saturated rings. The standard InChI is InChI=1S/C11H15Cl2N3OS/c1-7(14)2-3-18-6-10(17)16-11-9(13)4-8(12)5-15-11/h4-5,7H,2-3,6,14H2,1H3,(H,15,16,17). The lowest BCUT2D eigenvalue weighted by atomic mass is 10.3. The second-order valence-electron chi connectivity index (χ2n) is 3.85. The van der Waals surface area contributed by atoms with Crippen molar-refractivity contribution in [3.05, 3.63) is 22.3 Å². The maximum absolute atomic E-state index is 11.6. The highest BCUT2D eigenvalue weighted by Crippen LogP contribution is 2.22. The van der Waals surface area contributed by atoms with Gasteiger partial charge in [-0.1, -0.05) is 23.2 Å². The Kier molecular flexibility index (Phi) is 6.78. The first-order valence-corrected chi connectivity index (χ1v) is 7.34. The van der Waals surface area contributed by atoms with Crippen LogP contribution in [0.2, 0.25) is 10.0 Å². The van der Waals surface area contributed by atoms with Gasteiger partial charge < -0.3 is 11.1 Å². The van der Waals surface area contributed by atoms with Gasteiger partial charge in [0.05, 0.1) is 15.8 Å². The van der Waals surface area contributed by atoms with Crippen molar-refractivity contribution >= 4 is 46.7 Å². The molecule has 1 heterocycles. The molecule has 0 aliphatic rings. The van der Waals surface area contributed by atoms with E-state index in [9.17, 15) is 4.79 Å². The van der Waals surface area contributed by atoms with Gasteiger partial charge in [-0.25, -0.2) is 4.98 Å². The van der Waals surface area contributed by atoms with E-state index in [1.54, 1.807) is 0 Å². The number of hydrogen-bond donors (Lipinski definition) is 2. The number of carbonyl (C=O) groups excluding carboxylic acids is 1. The van der Waals surface area contributed by atoms with Gasteiger partial charge in [0.2, 0.25) is 5.91 Å². The van der Waals surface area contributed by atoms with Crippen molar-refractivity contribution in [2.45, 2.75) is 19.4 Å². The summed E-state index contributed by atoms with van der Waals surface area (Å²) in [6, 6.07) is 1.70. The molecule has 0 saturated carbocycles. The summed E-state index contributed by atoms with van der Waals surface area (Å²) in [5.41, 5.74) is 5.61. The summed E-state index contributed by atoms with van der Waals surface area (Å²) in [6.07, 6.45) is 2.32. The fraction of sp³-hybridized carbons (Fsp3) is 0.455. The maximum Gasteiger partial charge on any atom is 0.235 e. The molecule has 3 N–H and O–H groups in total. The Bertz CT molecular complexity index is 415. The normalized spacial score (nSPS) is 12.2. The number of halogens is 2. The zero-order valence-electron chi connectivity index (χ0n) is 9.95. The van der Waals surface area contributed by atoms with Gasteiger partial charge in [0.25, 0.3) is 0 Å². The first kappa shape index (κ1) is 15.6. The first-order chi connectivity index (χ1) is 8.49. The number of pyridine rings is 1. The van der Waals surface area contributed by atoms with E-state index >= 15 is 0 Å². The van der Waals surface area contributed by atoms with E-state index in [2.05, 4.69) is 10.3 Å². The van der Waals surface area contributed by atoms with Crippen molar-refractivity contribution in [2.75, 3.05) is 16.8 Å². The van der Waals surface area contributed by atoms with Crippen LogP contribution < -0.4 is 11.1 Å². The van der Waals surface area contributed by atoms with E-state index in [0.717, 1.165) is 12.2 Å². The molecule has 0 radical (unpaired) electrons. The molecule has 1 amide bonds. The van der Waals surface area contributed by atoms with Gasteiger partial charge in [0.15, 0.2) is 5.82 Å². The Morgan fingerprint density at radius 1 is 1.61 bits per heavy atom. The highest BCUT2D eigenvalue weighted by atomic mass is 35.5. The van der Waals surface area contributed by atoms with Gasteiger partial charge in [0, 0.05) is 12.2 Å². The Balaban J connectivity index is 2.35. The maximum atomic E-state index is 11.6. The van der Waals surface area contributed by atoms with E-state index in [1.165, 1.54) is 24.0 Å². The smallest absolute Gasteiger partial charge is 0.235 e. The van der Waals surface area contributed by atoms with Crippen LogP contribution in [0.15, 0.2) is 12.3 Å². The molecule has 1 rings (SSSR count). The number of carbonyl (C=O) groups is 1. The van der Waals surface area contributed by atoms with Crippen molar-refractivity contribution in [1.82, 2.24) is 4.98 Å². The summed E-state index contributed by atoms with van der Waals surface area (Å²) in [7, 11) is 0. The largest absolute Gasteiger partial charge is 0.328 e. The molecule has 0 saturated heterocycles. The molecule has 1 unspecified atom stereocenters. The number of anilines is 1. The van der Waals surface area contributed by atoms with Gasteiger partial charge in [-0.3, -0.25) is 4.79 Å². The van der Waals surface area contributed by atoms with Crippen molar-refractivity contribution in [1.29, 1.82) is 0 Å². The Hall–Kier alpha value is -0.490. The number of nitrogens with one attached hydrogen (secondary N) is 1. The molecule has 0 bridgehead atoms. The minimum atomic E-state index is -0.138. The number of thioether (sulfide) groups is 1. The summed E-state index contributed by atoms with van der Waals surface area (Å²) >= 11 is 13.1. The number of amides is 1. The minimum Gasteiger partial charge on any atom is -0.328 e. The quantitative estimate of drug-likeness (QED) is 0.793. The molecular formula is C11H15Cl2N3OS. The summed E-state index contributed by atoms with van der Waals surface area (Å²) in [5, 5.41) is 3.40. The van der Waals surface area contributed by atoms with E-state index in [-0.39, 0.29) is 11.9 Å². The lowest BCUT2D eigenvalue weighted by Gasteiger charge is -2.07. The summed E-state index contributed by atoms with van der Waals surface area (Å²) in [6.45, 7) is 1.94. The third-order valence-corrected chi connectivity index (χ3v) is 3.50. The molecule has 18 heavy (non-hydrogen) atoms. The van der Waals surface area contributed by atoms with Crippen LogP contribution >= 0.6 is 35.0 Å². The third kappa shape index (κ3) is 5.91. The SMILES string of the molecule is CC(N)CCSCC(=O)Nc1ncc(Cl)cc1Cl. The Morgan fingerprint density at radius 2 is 2.33 bits per heavy atom. The second kappa shape index (κ2) is 7.84. The van der Waals surface area contributed by atoms with Crippen molar-refractivity contribution in [2.24, 2.45) is 5.73 Å². The number of nitrogens with two attached hydrogens (primary N) is 1. The third-order valence-electron chi connectivity index (χ3n) is 2.02. The molecule has 0 spiro atoms. The van der Waals surface area contributed by atoms with E-state index in [4.69, 9.17) is 28.9 Å². The van der Waals surface area contributed by atoms with Crippen LogP contribution in [0.4, 0.5) is 5.82 Å². The average molecular weight is 308 g/mol. The van der Waals surface area contributed by atoms with Crippen molar-refractivity contribution in [3.8, 4) is 0 Å². The van der Waals surface area contributed by atoms with Crippen LogP contribution in [-0.2, 0) is 4.79 Å². The van der Waals surface area contributed by atoms with Crippen LogP contribution in [0.1, 0.15) is 13.3 Å². The number of hydrogen-bond acceptors (Lipinski definition) is 4. The molecule has 0 aliphatic carbocycles. The molecule has 1 aromatic rings. The molecular weight excluding hydrogens is 293 g/mol. The predicted octanol–water partition coefficient (Wildman–Crippen LogP) is 2.80. The van der Waals surface area contributed by atoms with E-state index in [0.29, 0.717) is 21.6 Å². The monoisotopic (exact) mass is 307 g/mol. The first-order valence-electron chi connectivity index (χ1n) is 5.43. The second-order valence-corrected chi connectivity index (χ2v) is 5.80. The van der Waals surface area contributed by atoms with Crippen molar-refractivity contribution in [3.63, 3.8) is 0 Å². The predicted molar refractivity (Wildman–Crippen MR) is 78.5 cm³/mol. The molecule has 1 aromatic heterocycles. The summed E-state index contributed by atoms with van der Waals surface area (Å²) in [4.78, 5) is 15.5. The molecule has 4 nitrogen and oxygen atoms in total. The lowest BCUT2D eigenvalue weighted by molar-refractivity contribution is -0.113. The van der Waals surface area contributed by atoms with Gasteiger partial charge in [-0.05, 0) is 25.2 Å². The van der Waals surface area contributed by atoms with Gasteiger partial charge in [-0.2, -0.15) is 11.8 Å². The molecule has 7 heteroatoms. The van der Waals surface area contributed by atoms with Gasteiger partial charge in [0.1, 0.15) is 0 Å². The van der Waals surface area contributed by atoms with Crippen LogP contribution in [0, 0.1) is 0 Å². The van der Waals surface area contributed by atoms with E-state index in [1.807, 2.05) is 6.92 Å². The molecule has 0 aliphatic heterocycles. The highest BCUT2D eigenvalue weighted by molar-refractivity contribution is 7.99. The highest BCUT2D eigenvalue weighted by Gasteiger charge is 2.08. The summed E-state index contributed by atoms with van der Waals surface area (Å²) in [5.74, 6) is 1.40. The van der Waals surface area contributed by atoms with E-state index < -0.39 is 0 Å². The van der Waals surface area contributed by atoms with Gasteiger partial charge >= 0.3 is 0 Å². The number of rotatable bonds is 6.